The maximum atomic E-state index is 12.6. The summed E-state index contributed by atoms with van der Waals surface area (Å²) in [5, 5.41) is 21.9. The van der Waals surface area contributed by atoms with Gasteiger partial charge in [-0.2, -0.15) is 0 Å². The first-order chi connectivity index (χ1) is 10.9. The van der Waals surface area contributed by atoms with Crippen molar-refractivity contribution in [3.63, 3.8) is 0 Å². The van der Waals surface area contributed by atoms with Gasteiger partial charge < -0.3 is 15.5 Å². The van der Waals surface area contributed by atoms with Crippen LogP contribution in [0, 0.1) is 5.41 Å². The Kier molecular flexibility index (Phi) is 5.52. The van der Waals surface area contributed by atoms with Gasteiger partial charge in [0.05, 0.1) is 10.7 Å². The van der Waals surface area contributed by atoms with Crippen LogP contribution in [0.1, 0.15) is 51.9 Å². The molecule has 0 atom stereocenters. The van der Waals surface area contributed by atoms with Crippen LogP contribution in [-0.4, -0.2) is 21.9 Å². The number of ketones is 1. The van der Waals surface area contributed by atoms with Crippen molar-refractivity contribution in [2.45, 2.75) is 51.9 Å². The van der Waals surface area contributed by atoms with Crippen LogP contribution in [0.25, 0.3) is 0 Å². The average molecular weight is 340 g/mol. The number of hydrogen-bond acceptors (Lipinski definition) is 4. The first-order valence-electron chi connectivity index (χ1n) is 7.97. The maximum absolute atomic E-state index is 12.6. The van der Waals surface area contributed by atoms with Crippen LogP contribution in [0.5, 0.6) is 11.5 Å². The van der Waals surface area contributed by atoms with Crippen LogP contribution in [0.3, 0.4) is 0 Å². The zero-order valence-corrected chi connectivity index (χ0v) is 13.9. The minimum Gasteiger partial charge on any atom is -0.506 e. The third-order valence-electron chi connectivity index (χ3n) is 4.50. The molecule has 3 N–H and O–H groups in total. The molecule has 1 aliphatic rings. The minimum absolute atomic E-state index is 0.0232. The Balaban J connectivity index is 2.11. The summed E-state index contributed by atoms with van der Waals surface area (Å²) in [5.41, 5.74) is -0.879. The Morgan fingerprint density at radius 3 is 2.48 bits per heavy atom. The number of benzene rings is 1. The molecule has 1 saturated carbocycles. The quantitative estimate of drug-likeness (QED) is 0.303. The number of anilines is 1. The summed E-state index contributed by atoms with van der Waals surface area (Å²) >= 11 is 5.80. The number of phenols is 2. The largest absolute Gasteiger partial charge is 0.506 e. The second kappa shape index (κ2) is 7.21. The van der Waals surface area contributed by atoms with E-state index in [2.05, 4.69) is 12.2 Å². The van der Waals surface area contributed by atoms with Gasteiger partial charge in [0.1, 0.15) is 22.7 Å². The number of phenolic OH excluding ortho intramolecular Hbond substituents is 2. The van der Waals surface area contributed by atoms with Crippen molar-refractivity contribution in [1.29, 1.82) is 0 Å². The third-order valence-corrected chi connectivity index (χ3v) is 4.80. The number of carbonyl (C=O) groups excluding carboxylic acids is 2. The first kappa shape index (κ1) is 17.6. The van der Waals surface area contributed by atoms with E-state index in [1.54, 1.807) is 0 Å². The number of rotatable bonds is 7. The van der Waals surface area contributed by atoms with Gasteiger partial charge in [-0.3, -0.25) is 9.59 Å². The molecule has 23 heavy (non-hydrogen) atoms. The molecule has 0 heterocycles. The topological polar surface area (TPSA) is 86.6 Å². The molecule has 0 bridgehead atoms. The van der Waals surface area contributed by atoms with Crippen LogP contribution in [0.15, 0.2) is 12.1 Å². The van der Waals surface area contributed by atoms with E-state index >= 15 is 0 Å². The third kappa shape index (κ3) is 3.61. The molecular formula is C17H22ClNO4. The van der Waals surface area contributed by atoms with Gasteiger partial charge in [-0.25, -0.2) is 0 Å². The highest BCUT2D eigenvalue weighted by molar-refractivity contribution is 6.32. The van der Waals surface area contributed by atoms with E-state index < -0.39 is 11.3 Å². The molecule has 0 unspecified atom stereocenters. The van der Waals surface area contributed by atoms with Crippen LogP contribution >= 0.6 is 11.6 Å². The summed E-state index contributed by atoms with van der Waals surface area (Å²) in [4.78, 5) is 25.1. The lowest BCUT2D eigenvalue weighted by atomic mass is 9.64. The fourth-order valence-corrected chi connectivity index (χ4v) is 2.99. The monoisotopic (exact) mass is 339 g/mol. The maximum Gasteiger partial charge on any atom is 0.238 e. The second-order valence-corrected chi connectivity index (χ2v) is 6.50. The molecule has 6 heteroatoms. The van der Waals surface area contributed by atoms with E-state index in [-0.39, 0.29) is 28.0 Å². The zero-order chi connectivity index (χ0) is 17.0. The van der Waals surface area contributed by atoms with Crippen LogP contribution in [0.2, 0.25) is 5.02 Å². The van der Waals surface area contributed by atoms with Gasteiger partial charge >= 0.3 is 0 Å². The Labute approximate surface area is 140 Å². The van der Waals surface area contributed by atoms with Crippen molar-refractivity contribution in [2.75, 3.05) is 5.32 Å². The lowest BCUT2D eigenvalue weighted by Gasteiger charge is -2.38. The number of amides is 1. The molecule has 2 rings (SSSR count). The molecule has 1 aromatic carbocycles. The molecule has 0 radical (unpaired) electrons. The standard InChI is InChI=1S/C17H22ClNO4/c1-2-3-4-6-15(22)17(7-5-8-17)16(23)19-12-9-11(18)13(20)10-14(12)21/h9-10,20-21H,2-8H2,1H3,(H,19,23). The SMILES string of the molecule is CCCCCC(=O)C1(C(=O)Nc2cc(Cl)c(O)cc2O)CCC1. The smallest absolute Gasteiger partial charge is 0.238 e. The highest BCUT2D eigenvalue weighted by Gasteiger charge is 2.49. The van der Waals surface area contributed by atoms with Crippen molar-refractivity contribution in [3.8, 4) is 11.5 Å². The van der Waals surface area contributed by atoms with Gasteiger partial charge in [0.15, 0.2) is 0 Å². The molecule has 0 aliphatic heterocycles. The molecule has 1 aliphatic carbocycles. The Morgan fingerprint density at radius 1 is 1.22 bits per heavy atom. The Hall–Kier alpha value is -1.75. The van der Waals surface area contributed by atoms with Gasteiger partial charge in [-0.1, -0.05) is 37.8 Å². The normalized spacial score (nSPS) is 15.7. The molecular weight excluding hydrogens is 318 g/mol. The second-order valence-electron chi connectivity index (χ2n) is 6.09. The number of hydrogen-bond donors (Lipinski definition) is 3. The van der Waals surface area contributed by atoms with Gasteiger partial charge in [-0.05, 0) is 25.3 Å². The predicted molar refractivity (Wildman–Crippen MR) is 88.8 cm³/mol. The van der Waals surface area contributed by atoms with Gasteiger partial charge in [0.2, 0.25) is 5.91 Å². The molecule has 5 nitrogen and oxygen atoms in total. The minimum atomic E-state index is -0.982. The summed E-state index contributed by atoms with van der Waals surface area (Å²) in [7, 11) is 0. The Bertz CT molecular complexity index is 611. The summed E-state index contributed by atoms with van der Waals surface area (Å²) in [6.45, 7) is 2.06. The number of Topliss-reactive ketones (excluding diaryl/α,β-unsaturated/α-hetero) is 1. The summed E-state index contributed by atoms with van der Waals surface area (Å²) in [5.74, 6) is -0.981. The number of unbranched alkanes of at least 4 members (excludes halogenated alkanes) is 2. The zero-order valence-electron chi connectivity index (χ0n) is 13.2. The molecule has 126 valence electrons. The number of aromatic hydroxyl groups is 2. The average Bonchev–Trinajstić information content (AvgIpc) is 2.44. The summed E-state index contributed by atoms with van der Waals surface area (Å²) in [6, 6.07) is 2.34. The molecule has 0 aromatic heterocycles. The van der Waals surface area contributed by atoms with E-state index in [1.165, 1.54) is 6.07 Å². The Morgan fingerprint density at radius 2 is 1.91 bits per heavy atom. The summed E-state index contributed by atoms with van der Waals surface area (Å²) in [6.07, 6.45) is 5.11. The van der Waals surface area contributed by atoms with E-state index in [9.17, 15) is 19.8 Å². The van der Waals surface area contributed by atoms with Crippen LogP contribution < -0.4 is 5.32 Å². The van der Waals surface area contributed by atoms with Gasteiger partial charge in [-0.15, -0.1) is 0 Å². The molecule has 1 aromatic rings. The fourth-order valence-electron chi connectivity index (χ4n) is 2.83. The van der Waals surface area contributed by atoms with Crippen LogP contribution in [0.4, 0.5) is 5.69 Å². The number of nitrogens with one attached hydrogen (secondary N) is 1. The fraction of sp³-hybridized carbons (Fsp3) is 0.529. The van der Waals surface area contributed by atoms with Crippen molar-refractivity contribution in [1.82, 2.24) is 0 Å². The molecule has 1 fully saturated rings. The van der Waals surface area contributed by atoms with Crippen molar-refractivity contribution in [3.05, 3.63) is 17.2 Å². The van der Waals surface area contributed by atoms with Crippen molar-refractivity contribution < 1.29 is 19.8 Å². The van der Waals surface area contributed by atoms with Crippen molar-refractivity contribution in [2.24, 2.45) is 5.41 Å². The van der Waals surface area contributed by atoms with Crippen LogP contribution in [-0.2, 0) is 9.59 Å². The number of carbonyl (C=O) groups is 2. The van der Waals surface area contributed by atoms with E-state index in [4.69, 9.17) is 11.6 Å². The van der Waals surface area contributed by atoms with E-state index in [1.807, 2.05) is 0 Å². The van der Waals surface area contributed by atoms with Gasteiger partial charge in [0.25, 0.3) is 0 Å². The lowest BCUT2D eigenvalue weighted by molar-refractivity contribution is -0.145. The predicted octanol–water partition coefficient (Wildman–Crippen LogP) is 4.01. The highest BCUT2D eigenvalue weighted by Crippen LogP contribution is 2.45. The molecule has 1 amide bonds. The number of halogens is 1. The van der Waals surface area contributed by atoms with Crippen molar-refractivity contribution >= 4 is 29.0 Å². The lowest BCUT2D eigenvalue weighted by Crippen LogP contribution is -2.48. The summed E-state index contributed by atoms with van der Waals surface area (Å²) < 4.78 is 0. The van der Waals surface area contributed by atoms with E-state index in [0.717, 1.165) is 31.7 Å². The highest BCUT2D eigenvalue weighted by atomic mass is 35.5. The van der Waals surface area contributed by atoms with Gasteiger partial charge in [0, 0.05) is 12.5 Å². The van der Waals surface area contributed by atoms with E-state index in [0.29, 0.717) is 19.3 Å². The molecule has 0 spiro atoms. The molecule has 0 saturated heterocycles. The first-order valence-corrected chi connectivity index (χ1v) is 8.34.